The quantitative estimate of drug-likeness (QED) is 0.623. The first-order valence-corrected chi connectivity index (χ1v) is 10.0. The van der Waals surface area contributed by atoms with Crippen molar-refractivity contribution < 1.29 is 4.79 Å². The molecule has 5 nitrogen and oxygen atoms in total. The van der Waals surface area contributed by atoms with E-state index in [0.717, 1.165) is 33.7 Å². The molecule has 130 valence electrons. The van der Waals surface area contributed by atoms with E-state index < -0.39 is 0 Å². The minimum Gasteiger partial charge on any atom is -0.305 e. The van der Waals surface area contributed by atoms with Crippen molar-refractivity contribution in [2.45, 2.75) is 18.3 Å². The molecule has 2 aliphatic rings. The van der Waals surface area contributed by atoms with Crippen molar-refractivity contribution in [3.05, 3.63) is 58.1 Å². The van der Waals surface area contributed by atoms with Gasteiger partial charge in [0, 0.05) is 17.6 Å². The standard InChI is InChI=1S/C19H15BrN4OS/c20-16-6-5-15(26-16)17-21-9-12(10-22-17)23-18(25)24-11-19(7-8-19)13-3-1-2-4-14(13)24/h1-6,9-10H,7-8,11H2,(H,23,25). The molecule has 2 amide bonds. The number of halogens is 1. The highest BCUT2D eigenvalue weighted by molar-refractivity contribution is 9.11. The van der Waals surface area contributed by atoms with Gasteiger partial charge in [-0.15, -0.1) is 11.3 Å². The molecule has 2 aromatic heterocycles. The lowest BCUT2D eigenvalue weighted by molar-refractivity contribution is 0.257. The highest BCUT2D eigenvalue weighted by atomic mass is 79.9. The normalized spacial score (nSPS) is 16.6. The van der Waals surface area contributed by atoms with Crippen LogP contribution in [0.5, 0.6) is 0 Å². The maximum absolute atomic E-state index is 12.8. The maximum Gasteiger partial charge on any atom is 0.326 e. The maximum atomic E-state index is 12.8. The smallest absolute Gasteiger partial charge is 0.305 e. The highest BCUT2D eigenvalue weighted by Crippen LogP contribution is 2.56. The average Bonchev–Trinajstić information content (AvgIpc) is 3.19. The number of hydrogen-bond acceptors (Lipinski definition) is 4. The van der Waals surface area contributed by atoms with Crippen LogP contribution in [-0.2, 0) is 5.41 Å². The molecule has 0 saturated heterocycles. The minimum absolute atomic E-state index is 0.128. The van der Waals surface area contributed by atoms with Gasteiger partial charge in [0.2, 0.25) is 0 Å². The van der Waals surface area contributed by atoms with E-state index in [-0.39, 0.29) is 11.4 Å². The Hall–Kier alpha value is -2.25. The molecule has 1 N–H and O–H groups in total. The number of anilines is 2. The van der Waals surface area contributed by atoms with E-state index >= 15 is 0 Å². The average molecular weight is 427 g/mol. The third kappa shape index (κ3) is 2.62. The van der Waals surface area contributed by atoms with Crippen molar-refractivity contribution in [3.8, 4) is 10.7 Å². The number of para-hydroxylation sites is 1. The van der Waals surface area contributed by atoms with Gasteiger partial charge < -0.3 is 5.32 Å². The van der Waals surface area contributed by atoms with E-state index in [1.54, 1.807) is 23.7 Å². The third-order valence-electron chi connectivity index (χ3n) is 5.02. The molecule has 1 spiro atoms. The van der Waals surface area contributed by atoms with E-state index in [1.165, 1.54) is 5.56 Å². The molecule has 1 fully saturated rings. The number of hydrogen-bond donors (Lipinski definition) is 1. The summed E-state index contributed by atoms with van der Waals surface area (Å²) in [6.45, 7) is 0.750. The summed E-state index contributed by atoms with van der Waals surface area (Å²) in [5, 5.41) is 2.93. The molecule has 0 bridgehead atoms. The summed E-state index contributed by atoms with van der Waals surface area (Å²) in [5.41, 5.74) is 3.10. The third-order valence-corrected chi connectivity index (χ3v) is 6.64. The van der Waals surface area contributed by atoms with Crippen molar-refractivity contribution in [3.63, 3.8) is 0 Å². The summed E-state index contributed by atoms with van der Waals surface area (Å²) in [6, 6.07) is 12.0. The largest absolute Gasteiger partial charge is 0.326 e. The Balaban J connectivity index is 1.35. The molecule has 3 aromatic rings. The fraction of sp³-hybridized carbons (Fsp3) is 0.211. The lowest BCUT2D eigenvalue weighted by atomic mass is 9.99. The van der Waals surface area contributed by atoms with Gasteiger partial charge in [-0.05, 0) is 52.5 Å². The van der Waals surface area contributed by atoms with Gasteiger partial charge in [0.25, 0.3) is 0 Å². The van der Waals surface area contributed by atoms with E-state index in [2.05, 4.69) is 43.3 Å². The summed E-state index contributed by atoms with van der Waals surface area (Å²) in [5.74, 6) is 0.655. The van der Waals surface area contributed by atoms with Crippen LogP contribution in [0.2, 0.25) is 0 Å². The molecule has 7 heteroatoms. The molecule has 3 heterocycles. The molecule has 26 heavy (non-hydrogen) atoms. The fourth-order valence-corrected chi connectivity index (χ4v) is 4.87. The number of benzene rings is 1. The molecular formula is C19H15BrN4OS. The number of amides is 2. The Bertz CT molecular complexity index is 997. The SMILES string of the molecule is O=C(Nc1cnc(-c2ccc(Br)s2)nc1)N1CC2(CC2)c2ccccc21. The Kier molecular flexibility index (Phi) is 3.62. The van der Waals surface area contributed by atoms with Crippen molar-refractivity contribution in [1.82, 2.24) is 9.97 Å². The second kappa shape index (κ2) is 5.89. The number of nitrogens with one attached hydrogen (secondary N) is 1. The summed E-state index contributed by atoms with van der Waals surface area (Å²) in [7, 11) is 0. The predicted molar refractivity (Wildman–Crippen MR) is 107 cm³/mol. The monoisotopic (exact) mass is 426 g/mol. The van der Waals surface area contributed by atoms with Crippen molar-refractivity contribution in [2.75, 3.05) is 16.8 Å². The van der Waals surface area contributed by atoms with E-state index in [9.17, 15) is 4.79 Å². The number of carbonyl (C=O) groups excluding carboxylic acids is 1. The number of rotatable bonds is 2. The van der Waals surface area contributed by atoms with Crippen LogP contribution < -0.4 is 10.2 Å². The number of aromatic nitrogens is 2. The molecule has 0 radical (unpaired) electrons. The van der Waals surface area contributed by atoms with Crippen molar-refractivity contribution in [1.29, 1.82) is 0 Å². The fourth-order valence-electron chi connectivity index (χ4n) is 3.54. The van der Waals surface area contributed by atoms with Gasteiger partial charge in [0.15, 0.2) is 5.82 Å². The molecule has 0 atom stereocenters. The molecule has 0 unspecified atom stereocenters. The molecule has 1 aromatic carbocycles. The molecular weight excluding hydrogens is 412 g/mol. The zero-order chi connectivity index (χ0) is 17.7. The van der Waals surface area contributed by atoms with Crippen molar-refractivity contribution >= 4 is 44.7 Å². The van der Waals surface area contributed by atoms with Gasteiger partial charge in [-0.3, -0.25) is 4.90 Å². The summed E-state index contributed by atoms with van der Waals surface area (Å²) >= 11 is 5.02. The first-order valence-electron chi connectivity index (χ1n) is 8.40. The van der Waals surface area contributed by atoms with Gasteiger partial charge in [-0.2, -0.15) is 0 Å². The Labute approximate surface area is 163 Å². The van der Waals surface area contributed by atoms with Crippen molar-refractivity contribution in [2.24, 2.45) is 0 Å². The van der Waals surface area contributed by atoms with Crippen LogP contribution in [0.25, 0.3) is 10.7 Å². The summed E-state index contributed by atoms with van der Waals surface area (Å²) in [6.07, 6.45) is 5.62. The Morgan fingerprint density at radius 2 is 1.92 bits per heavy atom. The van der Waals surface area contributed by atoms with Crippen LogP contribution in [0.1, 0.15) is 18.4 Å². The lowest BCUT2D eigenvalue weighted by Crippen LogP contribution is -2.35. The van der Waals surface area contributed by atoms with Gasteiger partial charge in [0.1, 0.15) is 0 Å². The molecule has 1 aliphatic carbocycles. The van der Waals surface area contributed by atoms with Gasteiger partial charge in [0.05, 0.1) is 26.7 Å². The topological polar surface area (TPSA) is 58.1 Å². The zero-order valence-electron chi connectivity index (χ0n) is 13.8. The summed E-state index contributed by atoms with van der Waals surface area (Å²) in [4.78, 5) is 24.4. The van der Waals surface area contributed by atoms with E-state index in [4.69, 9.17) is 0 Å². The van der Waals surface area contributed by atoms with Gasteiger partial charge in [-0.1, -0.05) is 18.2 Å². The number of carbonyl (C=O) groups is 1. The second-order valence-electron chi connectivity index (χ2n) is 6.71. The van der Waals surface area contributed by atoms with E-state index in [0.29, 0.717) is 11.5 Å². The predicted octanol–water partition coefficient (Wildman–Crippen LogP) is 5.05. The number of thiophene rings is 1. The lowest BCUT2D eigenvalue weighted by Gasteiger charge is -2.18. The zero-order valence-corrected chi connectivity index (χ0v) is 16.2. The highest BCUT2D eigenvalue weighted by Gasteiger charge is 2.52. The molecule has 1 saturated carbocycles. The summed E-state index contributed by atoms with van der Waals surface area (Å²) < 4.78 is 1.04. The van der Waals surface area contributed by atoms with Crippen LogP contribution in [-0.4, -0.2) is 22.5 Å². The second-order valence-corrected chi connectivity index (χ2v) is 9.18. The van der Waals surface area contributed by atoms with Crippen LogP contribution in [0.15, 0.2) is 52.6 Å². The van der Waals surface area contributed by atoms with Crippen LogP contribution >= 0.6 is 27.3 Å². The molecule has 5 rings (SSSR count). The van der Waals surface area contributed by atoms with Gasteiger partial charge in [-0.25, -0.2) is 14.8 Å². The Morgan fingerprint density at radius 1 is 1.15 bits per heavy atom. The Morgan fingerprint density at radius 3 is 2.62 bits per heavy atom. The number of fused-ring (bicyclic) bond motifs is 2. The van der Waals surface area contributed by atoms with E-state index in [1.807, 2.05) is 29.2 Å². The number of urea groups is 1. The number of nitrogens with zero attached hydrogens (tertiary/aromatic N) is 3. The first kappa shape index (κ1) is 16.0. The molecule has 1 aliphatic heterocycles. The van der Waals surface area contributed by atoms with Crippen LogP contribution in [0.3, 0.4) is 0 Å². The van der Waals surface area contributed by atoms with Crippen LogP contribution in [0.4, 0.5) is 16.2 Å². The van der Waals surface area contributed by atoms with Crippen LogP contribution in [0, 0.1) is 0 Å². The first-order chi connectivity index (χ1) is 12.6. The minimum atomic E-state index is -0.128. The van der Waals surface area contributed by atoms with Gasteiger partial charge >= 0.3 is 6.03 Å².